The lowest BCUT2D eigenvalue weighted by Crippen LogP contribution is -2.48. The SMILES string of the molecule is CCSC1(CNC(=NC)NCCC2=CCCCC2)CCOCC1. The molecule has 0 atom stereocenters. The van der Waals surface area contributed by atoms with Gasteiger partial charge >= 0.3 is 0 Å². The first-order chi connectivity index (χ1) is 11.3. The van der Waals surface area contributed by atoms with Crippen LogP contribution < -0.4 is 10.6 Å². The molecule has 1 aliphatic carbocycles. The predicted molar refractivity (Wildman–Crippen MR) is 101 cm³/mol. The lowest BCUT2D eigenvalue weighted by Gasteiger charge is -2.37. The zero-order chi connectivity index (χ0) is 16.4. The molecule has 1 saturated heterocycles. The standard InChI is InChI=1S/C18H33N3OS/c1-3-23-18(10-13-22-14-11-18)15-21-17(19-2)20-12-9-16-7-5-4-6-8-16/h7H,3-6,8-15H2,1-2H3,(H2,19,20,21). The lowest BCUT2D eigenvalue weighted by atomic mass is 9.97. The van der Waals surface area contributed by atoms with E-state index in [0.717, 1.165) is 57.3 Å². The van der Waals surface area contributed by atoms with E-state index in [1.165, 1.54) is 25.7 Å². The summed E-state index contributed by atoms with van der Waals surface area (Å²) >= 11 is 2.06. The van der Waals surface area contributed by atoms with Crippen LogP contribution in [-0.4, -0.2) is 49.8 Å². The second kappa shape index (κ2) is 10.2. The van der Waals surface area contributed by atoms with Crippen LogP contribution in [0.4, 0.5) is 0 Å². The topological polar surface area (TPSA) is 45.7 Å². The van der Waals surface area contributed by atoms with E-state index in [0.29, 0.717) is 4.75 Å². The molecule has 132 valence electrons. The summed E-state index contributed by atoms with van der Waals surface area (Å²) in [4.78, 5) is 4.38. The highest BCUT2D eigenvalue weighted by Gasteiger charge is 2.32. The van der Waals surface area contributed by atoms with Crippen LogP contribution in [0.3, 0.4) is 0 Å². The predicted octanol–water partition coefficient (Wildman–Crippen LogP) is 3.34. The Bertz CT molecular complexity index is 398. The highest BCUT2D eigenvalue weighted by atomic mass is 32.2. The molecule has 1 heterocycles. The van der Waals surface area contributed by atoms with Gasteiger partial charge in [0.25, 0.3) is 0 Å². The number of ether oxygens (including phenoxy) is 1. The second-order valence-corrected chi connectivity index (χ2v) is 8.17. The molecular weight excluding hydrogens is 306 g/mol. The number of thioether (sulfide) groups is 1. The lowest BCUT2D eigenvalue weighted by molar-refractivity contribution is 0.0782. The molecule has 0 bridgehead atoms. The minimum Gasteiger partial charge on any atom is -0.381 e. The van der Waals surface area contributed by atoms with Gasteiger partial charge in [0.1, 0.15) is 0 Å². The molecule has 0 saturated carbocycles. The molecule has 0 aromatic rings. The third-order valence-corrected chi connectivity index (χ3v) is 6.23. The van der Waals surface area contributed by atoms with Gasteiger partial charge in [0.2, 0.25) is 0 Å². The molecule has 23 heavy (non-hydrogen) atoms. The van der Waals surface area contributed by atoms with Crippen LogP contribution in [0.15, 0.2) is 16.6 Å². The van der Waals surface area contributed by atoms with Crippen molar-refractivity contribution in [3.63, 3.8) is 0 Å². The summed E-state index contributed by atoms with van der Waals surface area (Å²) in [5.74, 6) is 2.09. The minimum absolute atomic E-state index is 0.302. The Morgan fingerprint density at radius 3 is 2.78 bits per heavy atom. The van der Waals surface area contributed by atoms with Gasteiger partial charge < -0.3 is 15.4 Å². The summed E-state index contributed by atoms with van der Waals surface area (Å²) in [6.45, 7) is 5.95. The van der Waals surface area contributed by atoms with E-state index in [9.17, 15) is 0 Å². The van der Waals surface area contributed by atoms with E-state index in [-0.39, 0.29) is 0 Å². The Kier molecular flexibility index (Phi) is 8.31. The van der Waals surface area contributed by atoms with Gasteiger partial charge in [0, 0.05) is 38.1 Å². The van der Waals surface area contributed by atoms with Crippen molar-refractivity contribution in [2.24, 2.45) is 4.99 Å². The number of nitrogens with zero attached hydrogens (tertiary/aromatic N) is 1. The zero-order valence-electron chi connectivity index (χ0n) is 14.8. The number of hydrogen-bond acceptors (Lipinski definition) is 3. The smallest absolute Gasteiger partial charge is 0.191 e. The van der Waals surface area contributed by atoms with Gasteiger partial charge in [-0.1, -0.05) is 18.6 Å². The third kappa shape index (κ3) is 6.38. The van der Waals surface area contributed by atoms with E-state index >= 15 is 0 Å². The molecule has 1 aliphatic heterocycles. The van der Waals surface area contributed by atoms with Crippen molar-refractivity contribution in [1.82, 2.24) is 10.6 Å². The van der Waals surface area contributed by atoms with Crippen LogP contribution in [-0.2, 0) is 4.74 Å². The first-order valence-electron chi connectivity index (χ1n) is 9.12. The summed E-state index contributed by atoms with van der Waals surface area (Å²) in [5, 5.41) is 7.02. The van der Waals surface area contributed by atoms with Crippen molar-refractivity contribution in [3.8, 4) is 0 Å². The number of aliphatic imine (C=N–C) groups is 1. The Balaban J connectivity index is 1.73. The summed E-state index contributed by atoms with van der Waals surface area (Å²) in [5.41, 5.74) is 1.61. The van der Waals surface area contributed by atoms with Gasteiger partial charge in [0.05, 0.1) is 0 Å². The Morgan fingerprint density at radius 1 is 1.30 bits per heavy atom. The maximum Gasteiger partial charge on any atom is 0.191 e. The molecule has 0 aromatic carbocycles. The Morgan fingerprint density at radius 2 is 2.13 bits per heavy atom. The van der Waals surface area contributed by atoms with Gasteiger partial charge in [-0.15, -0.1) is 0 Å². The fourth-order valence-corrected chi connectivity index (χ4v) is 4.60. The first kappa shape index (κ1) is 18.7. The molecule has 2 rings (SSSR count). The molecule has 4 nitrogen and oxygen atoms in total. The highest BCUT2D eigenvalue weighted by Crippen LogP contribution is 2.34. The molecule has 0 amide bonds. The number of nitrogens with one attached hydrogen (secondary N) is 2. The highest BCUT2D eigenvalue weighted by molar-refractivity contribution is 8.00. The van der Waals surface area contributed by atoms with E-state index in [1.807, 2.05) is 7.05 Å². The number of guanidine groups is 1. The molecule has 0 unspecified atom stereocenters. The van der Waals surface area contributed by atoms with Crippen LogP contribution in [0.5, 0.6) is 0 Å². The minimum atomic E-state index is 0.302. The molecule has 0 spiro atoms. The molecule has 2 aliphatic rings. The summed E-state index contributed by atoms with van der Waals surface area (Å²) in [7, 11) is 1.86. The van der Waals surface area contributed by atoms with E-state index < -0.39 is 0 Å². The monoisotopic (exact) mass is 339 g/mol. The van der Waals surface area contributed by atoms with Crippen LogP contribution in [0.1, 0.15) is 51.9 Å². The van der Waals surface area contributed by atoms with Gasteiger partial charge in [-0.05, 0) is 50.7 Å². The Hall–Kier alpha value is -0.680. The number of hydrogen-bond donors (Lipinski definition) is 2. The number of allylic oxidation sites excluding steroid dienone is 1. The average molecular weight is 340 g/mol. The van der Waals surface area contributed by atoms with Crippen molar-refractivity contribution in [2.45, 2.75) is 56.6 Å². The summed E-state index contributed by atoms with van der Waals surface area (Å²) < 4.78 is 5.85. The van der Waals surface area contributed by atoms with Crippen LogP contribution in [0.2, 0.25) is 0 Å². The van der Waals surface area contributed by atoms with Crippen molar-refractivity contribution in [1.29, 1.82) is 0 Å². The van der Waals surface area contributed by atoms with E-state index in [4.69, 9.17) is 4.74 Å². The third-order valence-electron chi connectivity index (χ3n) is 4.78. The molecular formula is C18H33N3OS. The average Bonchev–Trinajstić information content (AvgIpc) is 2.60. The maximum absolute atomic E-state index is 5.54. The molecule has 5 heteroatoms. The van der Waals surface area contributed by atoms with E-state index in [1.54, 1.807) is 5.57 Å². The number of rotatable bonds is 7. The zero-order valence-corrected chi connectivity index (χ0v) is 15.6. The molecule has 1 fully saturated rings. The van der Waals surface area contributed by atoms with Crippen molar-refractivity contribution >= 4 is 17.7 Å². The molecule has 0 radical (unpaired) electrons. The molecule has 2 N–H and O–H groups in total. The Labute approximate surface area is 145 Å². The quantitative estimate of drug-likeness (QED) is 0.424. The summed E-state index contributed by atoms with van der Waals surface area (Å²) in [6.07, 6.45) is 11.1. The molecule has 0 aromatic heterocycles. The largest absolute Gasteiger partial charge is 0.381 e. The van der Waals surface area contributed by atoms with Crippen molar-refractivity contribution < 1.29 is 4.74 Å². The van der Waals surface area contributed by atoms with Gasteiger partial charge in [-0.3, -0.25) is 4.99 Å². The van der Waals surface area contributed by atoms with Gasteiger partial charge in [0.15, 0.2) is 5.96 Å². The van der Waals surface area contributed by atoms with Crippen LogP contribution >= 0.6 is 11.8 Å². The fourth-order valence-electron chi connectivity index (χ4n) is 3.36. The van der Waals surface area contributed by atoms with Crippen molar-refractivity contribution in [3.05, 3.63) is 11.6 Å². The van der Waals surface area contributed by atoms with Gasteiger partial charge in [-0.25, -0.2) is 0 Å². The summed E-state index contributed by atoms with van der Waals surface area (Å²) in [6, 6.07) is 0. The maximum atomic E-state index is 5.54. The van der Waals surface area contributed by atoms with Gasteiger partial charge in [-0.2, -0.15) is 11.8 Å². The fraction of sp³-hybridized carbons (Fsp3) is 0.833. The normalized spacial score (nSPS) is 21.7. The van der Waals surface area contributed by atoms with Crippen LogP contribution in [0.25, 0.3) is 0 Å². The van der Waals surface area contributed by atoms with E-state index in [2.05, 4.69) is 40.4 Å². The van der Waals surface area contributed by atoms with Crippen molar-refractivity contribution in [2.75, 3.05) is 39.1 Å². The first-order valence-corrected chi connectivity index (χ1v) is 10.1. The second-order valence-electron chi connectivity index (χ2n) is 6.44. The van der Waals surface area contributed by atoms with Crippen LogP contribution in [0, 0.1) is 0 Å².